The van der Waals surface area contributed by atoms with Crippen molar-refractivity contribution in [3.63, 3.8) is 0 Å². The second-order valence-corrected chi connectivity index (χ2v) is 9.19. The van der Waals surface area contributed by atoms with Crippen LogP contribution < -0.4 is 9.50 Å². The summed E-state index contributed by atoms with van der Waals surface area (Å²) < 4.78 is 27.4. The zero-order chi connectivity index (χ0) is 22.4. The molecule has 3 aromatic rings. The van der Waals surface area contributed by atoms with Crippen molar-refractivity contribution >= 4 is 45.0 Å². The van der Waals surface area contributed by atoms with Gasteiger partial charge in [0, 0.05) is 13.1 Å². The zero-order valence-corrected chi connectivity index (χ0v) is 18.9. The van der Waals surface area contributed by atoms with E-state index >= 15 is 0 Å². The minimum atomic E-state index is -3.61. The molecule has 0 fully saturated rings. The van der Waals surface area contributed by atoms with Crippen molar-refractivity contribution in [3.05, 3.63) is 94.0 Å². The Kier molecular flexibility index (Phi) is 7.43. The first kappa shape index (κ1) is 22.9. The average Bonchev–Trinajstić information content (AvgIpc) is 2.71. The van der Waals surface area contributed by atoms with Gasteiger partial charge in [-0.05, 0) is 35.4 Å². The van der Waals surface area contributed by atoms with Crippen LogP contribution in [0.3, 0.4) is 0 Å². The summed E-state index contributed by atoms with van der Waals surface area (Å²) in [5.41, 5.74) is 2.07. The van der Waals surface area contributed by atoms with Crippen molar-refractivity contribution in [2.75, 3.05) is 11.6 Å². The second-order valence-electron chi connectivity index (χ2n) is 6.80. The van der Waals surface area contributed by atoms with Crippen LogP contribution in [-0.4, -0.2) is 25.6 Å². The molecular weight excluding hydrogens is 459 g/mol. The molecule has 0 heterocycles. The van der Waals surface area contributed by atoms with Gasteiger partial charge in [0.15, 0.2) is 0 Å². The third kappa shape index (κ3) is 6.89. The Labute approximate surface area is 191 Å². The van der Waals surface area contributed by atoms with Crippen LogP contribution in [0.4, 0.5) is 10.5 Å². The molecule has 0 spiro atoms. The fourth-order valence-electron chi connectivity index (χ4n) is 2.85. The molecule has 0 aliphatic heterocycles. The highest BCUT2D eigenvalue weighted by Crippen LogP contribution is 2.30. The molecule has 3 aromatic carbocycles. The smallest absolute Gasteiger partial charge is 0.322 e. The zero-order valence-electron chi connectivity index (χ0n) is 16.6. The molecular formula is C22H20Cl2N2O4S. The summed E-state index contributed by atoms with van der Waals surface area (Å²) in [5.74, 6) is 0.202. The van der Waals surface area contributed by atoms with Crippen molar-refractivity contribution in [1.82, 2.24) is 4.90 Å². The molecule has 31 heavy (non-hydrogen) atoms. The maximum atomic E-state index is 13.1. The van der Waals surface area contributed by atoms with Crippen LogP contribution in [0.5, 0.6) is 5.75 Å². The third-order valence-electron chi connectivity index (χ3n) is 4.24. The summed E-state index contributed by atoms with van der Waals surface area (Å²) in [5, 5.41) is 3.45. The molecule has 0 radical (unpaired) electrons. The number of para-hydroxylation sites is 1. The first-order valence-corrected chi connectivity index (χ1v) is 11.8. The van der Waals surface area contributed by atoms with Crippen LogP contribution in [0.15, 0.2) is 72.8 Å². The summed E-state index contributed by atoms with van der Waals surface area (Å²) in [4.78, 5) is 14.7. The Morgan fingerprint density at radius 1 is 0.871 bits per heavy atom. The van der Waals surface area contributed by atoms with E-state index in [1.165, 1.54) is 0 Å². The second kappa shape index (κ2) is 10.0. The fraction of sp³-hybridized carbons (Fsp3) is 0.136. The van der Waals surface area contributed by atoms with Crippen molar-refractivity contribution in [3.8, 4) is 5.75 Å². The molecule has 0 saturated heterocycles. The van der Waals surface area contributed by atoms with Crippen molar-refractivity contribution in [1.29, 1.82) is 0 Å². The number of rotatable bonds is 7. The molecule has 9 heteroatoms. The van der Waals surface area contributed by atoms with E-state index in [-0.39, 0.29) is 18.3 Å². The number of carbonyl (C=O) groups is 1. The van der Waals surface area contributed by atoms with Crippen LogP contribution in [-0.2, 0) is 23.2 Å². The number of nitrogens with one attached hydrogen (secondary N) is 1. The minimum absolute atomic E-state index is 0.202. The average molecular weight is 479 g/mol. The Balaban J connectivity index is 1.81. The summed E-state index contributed by atoms with van der Waals surface area (Å²) >= 11 is 12.4. The quantitative estimate of drug-likeness (QED) is 0.450. The summed E-state index contributed by atoms with van der Waals surface area (Å²) in [6, 6.07) is 20.6. The summed E-state index contributed by atoms with van der Waals surface area (Å²) in [6.07, 6.45) is 0.979. The number of urea groups is 1. The van der Waals surface area contributed by atoms with Gasteiger partial charge in [0.25, 0.3) is 0 Å². The lowest BCUT2D eigenvalue weighted by Crippen LogP contribution is -2.34. The van der Waals surface area contributed by atoms with Gasteiger partial charge in [-0.15, -0.1) is 0 Å². The standard InChI is InChI=1S/C22H20Cl2N2O4S/c1-31(28,29)30-18-12-10-17(11-13-18)15-26(14-16-6-3-2-4-7-16)22(27)25-21-19(23)8-5-9-20(21)24/h2-13H,14-15H2,1H3,(H,25,27). The lowest BCUT2D eigenvalue weighted by Gasteiger charge is -2.24. The van der Waals surface area contributed by atoms with Crippen LogP contribution in [0, 0.1) is 0 Å². The van der Waals surface area contributed by atoms with Gasteiger partial charge in [-0.1, -0.05) is 71.7 Å². The normalized spacial score (nSPS) is 11.1. The van der Waals surface area contributed by atoms with Crippen molar-refractivity contribution < 1.29 is 17.4 Å². The predicted molar refractivity (Wildman–Crippen MR) is 123 cm³/mol. The number of carbonyl (C=O) groups excluding carboxylic acids is 1. The highest BCUT2D eigenvalue weighted by atomic mass is 35.5. The Hall–Kier alpha value is -2.74. The van der Waals surface area contributed by atoms with Gasteiger partial charge in [0.1, 0.15) is 5.75 Å². The number of benzene rings is 3. The molecule has 0 aromatic heterocycles. The molecule has 0 aliphatic rings. The van der Waals surface area contributed by atoms with E-state index in [9.17, 15) is 13.2 Å². The highest BCUT2D eigenvalue weighted by molar-refractivity contribution is 7.86. The van der Waals surface area contributed by atoms with E-state index in [2.05, 4.69) is 5.32 Å². The Morgan fingerprint density at radius 3 is 1.97 bits per heavy atom. The van der Waals surface area contributed by atoms with Gasteiger partial charge in [-0.2, -0.15) is 8.42 Å². The molecule has 0 bridgehead atoms. The molecule has 3 rings (SSSR count). The van der Waals surface area contributed by atoms with Gasteiger partial charge in [-0.3, -0.25) is 0 Å². The van der Waals surface area contributed by atoms with Crippen LogP contribution >= 0.6 is 23.2 Å². The van der Waals surface area contributed by atoms with Crippen molar-refractivity contribution in [2.24, 2.45) is 0 Å². The summed E-state index contributed by atoms with van der Waals surface area (Å²) in [6.45, 7) is 0.609. The van der Waals surface area contributed by atoms with E-state index in [4.69, 9.17) is 27.4 Å². The monoisotopic (exact) mass is 478 g/mol. The molecule has 162 valence electrons. The molecule has 1 N–H and O–H groups in total. The van der Waals surface area contributed by atoms with Crippen LogP contribution in [0.1, 0.15) is 11.1 Å². The topological polar surface area (TPSA) is 75.7 Å². The van der Waals surface area contributed by atoms with Crippen LogP contribution in [0.2, 0.25) is 10.0 Å². The molecule has 6 nitrogen and oxygen atoms in total. The number of amides is 2. The third-order valence-corrected chi connectivity index (χ3v) is 5.37. The van der Waals surface area contributed by atoms with Gasteiger partial charge in [0.05, 0.1) is 22.0 Å². The SMILES string of the molecule is CS(=O)(=O)Oc1ccc(CN(Cc2ccccc2)C(=O)Nc2c(Cl)cccc2Cl)cc1. The molecule has 0 aliphatic carbocycles. The maximum Gasteiger partial charge on any atom is 0.322 e. The maximum absolute atomic E-state index is 13.1. The fourth-order valence-corrected chi connectivity index (χ4v) is 3.80. The predicted octanol–water partition coefficient (Wildman–Crippen LogP) is 5.57. The molecule has 0 unspecified atom stereocenters. The van der Waals surface area contributed by atoms with E-state index in [0.717, 1.165) is 17.4 Å². The number of halogens is 2. The number of hydrogen-bond acceptors (Lipinski definition) is 4. The van der Waals surface area contributed by atoms with Crippen molar-refractivity contribution in [2.45, 2.75) is 13.1 Å². The largest absolute Gasteiger partial charge is 0.383 e. The Bertz CT molecular complexity index is 1130. The number of nitrogens with zero attached hydrogens (tertiary/aromatic N) is 1. The van der Waals surface area contributed by atoms with Crippen LogP contribution in [0.25, 0.3) is 0 Å². The molecule has 0 atom stereocenters. The number of hydrogen-bond donors (Lipinski definition) is 1. The molecule has 2 amide bonds. The van der Waals surface area contributed by atoms with E-state index in [1.54, 1.807) is 47.4 Å². The summed E-state index contributed by atoms with van der Waals surface area (Å²) in [7, 11) is -3.61. The van der Waals surface area contributed by atoms with E-state index in [1.807, 2.05) is 30.3 Å². The van der Waals surface area contributed by atoms with Gasteiger partial charge < -0.3 is 14.4 Å². The lowest BCUT2D eigenvalue weighted by molar-refractivity contribution is 0.206. The van der Waals surface area contributed by atoms with E-state index < -0.39 is 10.1 Å². The van der Waals surface area contributed by atoms with Gasteiger partial charge >= 0.3 is 16.1 Å². The van der Waals surface area contributed by atoms with Gasteiger partial charge in [-0.25, -0.2) is 4.79 Å². The lowest BCUT2D eigenvalue weighted by atomic mass is 10.1. The number of anilines is 1. The Morgan fingerprint density at radius 2 is 1.42 bits per heavy atom. The minimum Gasteiger partial charge on any atom is -0.383 e. The highest BCUT2D eigenvalue weighted by Gasteiger charge is 2.18. The molecule has 0 saturated carbocycles. The first-order valence-electron chi connectivity index (χ1n) is 9.23. The first-order chi connectivity index (χ1) is 14.7. The van der Waals surface area contributed by atoms with E-state index in [0.29, 0.717) is 22.3 Å². The van der Waals surface area contributed by atoms with Gasteiger partial charge in [0.2, 0.25) is 0 Å².